The monoisotopic (exact) mass is 548 g/mol. The molecule has 1 atom stereocenters. The lowest BCUT2D eigenvalue weighted by molar-refractivity contribution is 0.247. The second kappa shape index (κ2) is 11.6. The highest BCUT2D eigenvalue weighted by molar-refractivity contribution is 7.18. The van der Waals surface area contributed by atoms with E-state index in [0.29, 0.717) is 5.13 Å². The Labute approximate surface area is 236 Å². The van der Waals surface area contributed by atoms with Crippen LogP contribution in [-0.4, -0.2) is 50.2 Å². The Morgan fingerprint density at radius 1 is 0.975 bits per heavy atom. The van der Waals surface area contributed by atoms with Crippen molar-refractivity contribution in [1.82, 2.24) is 30.4 Å². The molecule has 4 N–H and O–H groups in total. The zero-order valence-corrected chi connectivity index (χ0v) is 22.5. The number of hydrogen-bond donors (Lipinski definition) is 3. The quantitative estimate of drug-likeness (QED) is 0.252. The van der Waals surface area contributed by atoms with Crippen molar-refractivity contribution in [3.63, 3.8) is 0 Å². The van der Waals surface area contributed by atoms with Crippen LogP contribution in [0.1, 0.15) is 12.0 Å². The minimum absolute atomic E-state index is 0.112. The van der Waals surface area contributed by atoms with E-state index in [-0.39, 0.29) is 12.1 Å². The number of likely N-dealkylation sites (tertiary alicyclic amines) is 1. The molecule has 1 aliphatic heterocycles. The van der Waals surface area contributed by atoms with E-state index < -0.39 is 0 Å². The zero-order valence-electron chi connectivity index (χ0n) is 21.7. The summed E-state index contributed by atoms with van der Waals surface area (Å²) in [5, 5.41) is 15.3. The lowest BCUT2D eigenvalue weighted by Gasteiger charge is -2.17. The van der Waals surface area contributed by atoms with Crippen LogP contribution < -0.4 is 16.4 Å². The van der Waals surface area contributed by atoms with Crippen molar-refractivity contribution in [3.05, 3.63) is 97.0 Å². The van der Waals surface area contributed by atoms with Crippen molar-refractivity contribution in [2.24, 2.45) is 0 Å². The molecular weight excluding hydrogens is 520 g/mol. The fraction of sp³-hybridized carbons (Fsp3) is 0.167. The van der Waals surface area contributed by atoms with Gasteiger partial charge in [-0.25, -0.2) is 4.79 Å². The van der Waals surface area contributed by atoms with Gasteiger partial charge in [-0.05, 0) is 35.7 Å². The van der Waals surface area contributed by atoms with Crippen molar-refractivity contribution >= 4 is 28.2 Å². The number of nitrogens with zero attached hydrogens (tertiary/aromatic N) is 5. The van der Waals surface area contributed by atoms with Gasteiger partial charge in [0.05, 0.1) is 5.69 Å². The third-order valence-corrected chi connectivity index (χ3v) is 7.64. The molecule has 4 heterocycles. The van der Waals surface area contributed by atoms with E-state index in [1.165, 1.54) is 16.9 Å². The van der Waals surface area contributed by atoms with Gasteiger partial charge in [-0.2, -0.15) is 0 Å². The first-order valence-corrected chi connectivity index (χ1v) is 13.9. The average Bonchev–Trinajstić information content (AvgIpc) is 3.62. The van der Waals surface area contributed by atoms with Crippen LogP contribution in [0.25, 0.3) is 33.0 Å². The van der Waals surface area contributed by atoms with Gasteiger partial charge in [-0.1, -0.05) is 65.9 Å². The highest BCUT2D eigenvalue weighted by Gasteiger charge is 2.24. The van der Waals surface area contributed by atoms with Crippen molar-refractivity contribution < 1.29 is 4.79 Å². The lowest BCUT2D eigenvalue weighted by Crippen LogP contribution is -2.39. The van der Waals surface area contributed by atoms with Crippen LogP contribution in [0.4, 0.5) is 15.6 Å². The molecule has 0 bridgehead atoms. The van der Waals surface area contributed by atoms with Gasteiger partial charge in [0.1, 0.15) is 0 Å². The van der Waals surface area contributed by atoms with Crippen LogP contribution in [0.5, 0.6) is 0 Å². The minimum atomic E-state index is -0.190. The van der Waals surface area contributed by atoms with Crippen LogP contribution in [0.2, 0.25) is 0 Å². The second-order valence-corrected chi connectivity index (χ2v) is 10.7. The number of nitrogen functional groups attached to an aromatic ring is 1. The van der Waals surface area contributed by atoms with Crippen LogP contribution in [0.15, 0.2) is 91.4 Å². The summed E-state index contributed by atoms with van der Waals surface area (Å²) in [6, 6.07) is 24.4. The number of benzene rings is 2. The topological polar surface area (TPSA) is 122 Å². The van der Waals surface area contributed by atoms with E-state index in [1.807, 2.05) is 24.4 Å². The van der Waals surface area contributed by atoms with Gasteiger partial charge >= 0.3 is 6.03 Å². The normalized spacial score (nSPS) is 15.2. The summed E-state index contributed by atoms with van der Waals surface area (Å²) >= 11 is 1.35. The van der Waals surface area contributed by atoms with E-state index in [1.54, 1.807) is 24.5 Å². The van der Waals surface area contributed by atoms with Gasteiger partial charge in [0.2, 0.25) is 5.13 Å². The Balaban J connectivity index is 1.13. The summed E-state index contributed by atoms with van der Waals surface area (Å²) in [5.41, 5.74) is 12.7. The van der Waals surface area contributed by atoms with E-state index >= 15 is 0 Å². The molecule has 6 rings (SSSR count). The Morgan fingerprint density at radius 2 is 1.77 bits per heavy atom. The minimum Gasteiger partial charge on any atom is -0.374 e. The molecule has 0 unspecified atom stereocenters. The predicted molar refractivity (Wildman–Crippen MR) is 158 cm³/mol. The third kappa shape index (κ3) is 5.98. The molecule has 1 fully saturated rings. The number of amides is 2. The molecule has 0 saturated carbocycles. The molecule has 10 heteroatoms. The molecule has 9 nitrogen and oxygen atoms in total. The number of aromatic nitrogens is 4. The van der Waals surface area contributed by atoms with Crippen LogP contribution in [0.3, 0.4) is 0 Å². The fourth-order valence-corrected chi connectivity index (χ4v) is 5.50. The van der Waals surface area contributed by atoms with E-state index in [9.17, 15) is 4.79 Å². The van der Waals surface area contributed by atoms with E-state index in [4.69, 9.17) is 10.7 Å². The second-order valence-electron chi connectivity index (χ2n) is 9.68. The third-order valence-electron chi connectivity index (χ3n) is 6.84. The summed E-state index contributed by atoms with van der Waals surface area (Å²) in [4.78, 5) is 23.5. The highest BCUT2D eigenvalue weighted by Crippen LogP contribution is 2.35. The number of anilines is 2. The number of carbonyl (C=O) groups is 1. The van der Waals surface area contributed by atoms with Crippen LogP contribution in [-0.2, 0) is 6.54 Å². The number of rotatable bonds is 7. The van der Waals surface area contributed by atoms with E-state index in [2.05, 4.69) is 73.2 Å². The number of hydrogen-bond acceptors (Lipinski definition) is 8. The van der Waals surface area contributed by atoms with Crippen LogP contribution >= 0.6 is 11.3 Å². The molecule has 1 aliphatic rings. The molecule has 2 aromatic carbocycles. The fourth-order valence-electron chi connectivity index (χ4n) is 4.91. The molecule has 1 saturated heterocycles. The van der Waals surface area contributed by atoms with E-state index in [0.717, 1.165) is 64.7 Å². The number of urea groups is 1. The number of nitrogens with two attached hydrogens (primary N) is 1. The Bertz CT molecular complexity index is 1590. The molecule has 0 aliphatic carbocycles. The van der Waals surface area contributed by atoms with Gasteiger partial charge < -0.3 is 16.4 Å². The summed E-state index contributed by atoms with van der Waals surface area (Å²) in [6.45, 7) is 2.56. The standard InChI is InChI=1S/C30H28N8OS/c31-29-37-36-28(40-29)23-16-26(21-4-2-1-3-5-21)27(33-17-23)22-8-6-20(7-9-22)18-38-15-12-25(19-38)35-30(39)34-24-10-13-32-14-11-24/h1-11,13-14,16-17,25H,12,15,18-19H2,(H2,31,37)(H2,32,34,35,39)/t25-/m1/s1. The number of nitrogens with one attached hydrogen (secondary N) is 2. The maximum absolute atomic E-state index is 12.4. The number of pyridine rings is 2. The number of carbonyl (C=O) groups excluding carboxylic acids is 1. The Kier molecular flexibility index (Phi) is 7.43. The Morgan fingerprint density at radius 3 is 2.52 bits per heavy atom. The maximum atomic E-state index is 12.4. The largest absolute Gasteiger partial charge is 0.374 e. The molecule has 40 heavy (non-hydrogen) atoms. The smallest absolute Gasteiger partial charge is 0.319 e. The molecule has 0 radical (unpaired) electrons. The first-order valence-electron chi connectivity index (χ1n) is 13.0. The molecule has 200 valence electrons. The Hall–Kier alpha value is -4.67. The maximum Gasteiger partial charge on any atom is 0.319 e. The molecule has 2 amide bonds. The first kappa shape index (κ1) is 25.6. The molecule has 0 spiro atoms. The van der Waals surface area contributed by atoms with Crippen molar-refractivity contribution in [3.8, 4) is 33.0 Å². The zero-order chi connectivity index (χ0) is 27.3. The summed E-state index contributed by atoms with van der Waals surface area (Å²) in [7, 11) is 0. The molecular formula is C30H28N8OS. The van der Waals surface area contributed by atoms with Gasteiger partial charge in [-0.3, -0.25) is 14.9 Å². The SMILES string of the molecule is Nc1nnc(-c2cnc(-c3ccc(CN4CC[C@@H](NC(=O)Nc5ccncc5)C4)cc3)c(-c3ccccc3)c2)s1. The predicted octanol–water partition coefficient (Wildman–Crippen LogP) is 5.31. The molecule has 5 aromatic rings. The summed E-state index contributed by atoms with van der Waals surface area (Å²) in [5.74, 6) is 0. The van der Waals surface area contributed by atoms with Crippen LogP contribution in [0, 0.1) is 0 Å². The van der Waals surface area contributed by atoms with Crippen molar-refractivity contribution in [2.75, 3.05) is 24.1 Å². The summed E-state index contributed by atoms with van der Waals surface area (Å²) in [6.07, 6.45) is 6.06. The molecule has 3 aromatic heterocycles. The summed E-state index contributed by atoms with van der Waals surface area (Å²) < 4.78 is 0. The van der Waals surface area contributed by atoms with Crippen molar-refractivity contribution in [2.45, 2.75) is 19.0 Å². The van der Waals surface area contributed by atoms with Gasteiger partial charge in [0, 0.05) is 66.6 Å². The highest BCUT2D eigenvalue weighted by atomic mass is 32.1. The van der Waals surface area contributed by atoms with Gasteiger partial charge in [0.25, 0.3) is 0 Å². The first-order chi connectivity index (χ1) is 19.6. The van der Waals surface area contributed by atoms with Gasteiger partial charge in [0.15, 0.2) is 5.01 Å². The van der Waals surface area contributed by atoms with Crippen molar-refractivity contribution in [1.29, 1.82) is 0 Å². The average molecular weight is 549 g/mol. The lowest BCUT2D eigenvalue weighted by atomic mass is 9.97. The van der Waals surface area contributed by atoms with Gasteiger partial charge in [-0.15, -0.1) is 10.2 Å².